The molecule has 1 heterocycles. The first-order chi connectivity index (χ1) is 8.24. The van der Waals surface area contributed by atoms with Crippen LogP contribution in [0.3, 0.4) is 0 Å². The van der Waals surface area contributed by atoms with Crippen LogP contribution in [0.15, 0.2) is 24.3 Å². The standard InChI is InChI=1S/C12H14FNO3/c13-9-2-1-3-11(6-9)17-5-4-12(15)14-10-7-16-8-10/h1-3,6,10H,4-5,7-8H2,(H,14,15). The minimum absolute atomic E-state index is 0.0743. The first-order valence-electron chi connectivity index (χ1n) is 5.49. The average Bonchev–Trinajstić information content (AvgIpc) is 2.24. The number of ether oxygens (including phenoxy) is 2. The van der Waals surface area contributed by atoms with Crippen LogP contribution in [0.4, 0.5) is 4.39 Å². The molecule has 1 fully saturated rings. The fraction of sp³-hybridized carbons (Fsp3) is 0.417. The van der Waals surface area contributed by atoms with E-state index in [0.29, 0.717) is 19.0 Å². The van der Waals surface area contributed by atoms with Gasteiger partial charge in [0, 0.05) is 6.07 Å². The number of halogens is 1. The second kappa shape index (κ2) is 5.63. The normalized spacial score (nSPS) is 15.1. The molecule has 0 bridgehead atoms. The van der Waals surface area contributed by atoms with Gasteiger partial charge in [0.2, 0.25) is 5.91 Å². The van der Waals surface area contributed by atoms with Crippen LogP contribution in [0.2, 0.25) is 0 Å². The zero-order valence-corrected chi connectivity index (χ0v) is 9.32. The van der Waals surface area contributed by atoms with Gasteiger partial charge >= 0.3 is 0 Å². The summed E-state index contributed by atoms with van der Waals surface area (Å²) in [6.07, 6.45) is 0.257. The van der Waals surface area contributed by atoms with Crippen molar-refractivity contribution in [3.05, 3.63) is 30.1 Å². The van der Waals surface area contributed by atoms with Crippen molar-refractivity contribution in [3.63, 3.8) is 0 Å². The maximum absolute atomic E-state index is 12.8. The molecule has 0 spiro atoms. The Morgan fingerprint density at radius 2 is 2.35 bits per heavy atom. The van der Waals surface area contributed by atoms with Crippen molar-refractivity contribution in [3.8, 4) is 5.75 Å². The lowest BCUT2D eigenvalue weighted by Crippen LogP contribution is -2.48. The fourth-order valence-electron chi connectivity index (χ4n) is 1.44. The summed E-state index contributed by atoms with van der Waals surface area (Å²) in [5, 5.41) is 2.80. The molecule has 1 aliphatic rings. The molecular formula is C12H14FNO3. The Morgan fingerprint density at radius 3 is 3.00 bits per heavy atom. The summed E-state index contributed by atoms with van der Waals surface area (Å²) in [5.74, 6) is 0.0121. The maximum Gasteiger partial charge on any atom is 0.223 e. The Balaban J connectivity index is 1.66. The molecule has 0 atom stereocenters. The fourth-order valence-corrected chi connectivity index (χ4v) is 1.44. The molecule has 5 heteroatoms. The lowest BCUT2D eigenvalue weighted by molar-refractivity contribution is -0.125. The minimum Gasteiger partial charge on any atom is -0.493 e. The van der Waals surface area contributed by atoms with Crippen molar-refractivity contribution in [1.29, 1.82) is 0 Å². The average molecular weight is 239 g/mol. The van der Waals surface area contributed by atoms with Crippen LogP contribution >= 0.6 is 0 Å². The first kappa shape index (κ1) is 11.9. The third-order valence-electron chi connectivity index (χ3n) is 2.40. The number of benzene rings is 1. The van der Waals surface area contributed by atoms with Crippen molar-refractivity contribution in [1.82, 2.24) is 5.32 Å². The molecule has 0 aliphatic carbocycles. The van der Waals surface area contributed by atoms with E-state index in [2.05, 4.69) is 5.32 Å². The van der Waals surface area contributed by atoms with Gasteiger partial charge < -0.3 is 14.8 Å². The van der Waals surface area contributed by atoms with Crippen LogP contribution in [-0.2, 0) is 9.53 Å². The number of carbonyl (C=O) groups excluding carboxylic acids is 1. The van der Waals surface area contributed by atoms with Crippen LogP contribution in [0, 0.1) is 5.82 Å². The van der Waals surface area contributed by atoms with Gasteiger partial charge in [-0.15, -0.1) is 0 Å². The van der Waals surface area contributed by atoms with E-state index in [-0.39, 0.29) is 30.8 Å². The summed E-state index contributed by atoms with van der Waals surface area (Å²) in [7, 11) is 0. The van der Waals surface area contributed by atoms with E-state index >= 15 is 0 Å². The predicted octanol–water partition coefficient (Wildman–Crippen LogP) is 1.11. The molecule has 1 aromatic carbocycles. The molecular weight excluding hydrogens is 225 g/mol. The second-order valence-corrected chi connectivity index (χ2v) is 3.86. The van der Waals surface area contributed by atoms with Crippen LogP contribution in [0.5, 0.6) is 5.75 Å². The van der Waals surface area contributed by atoms with Crippen LogP contribution in [0.1, 0.15) is 6.42 Å². The van der Waals surface area contributed by atoms with Crippen molar-refractivity contribution >= 4 is 5.91 Å². The summed E-state index contributed by atoms with van der Waals surface area (Å²) in [4.78, 5) is 11.4. The molecule has 0 saturated carbocycles. The highest BCUT2D eigenvalue weighted by Gasteiger charge is 2.19. The summed E-state index contributed by atoms with van der Waals surface area (Å²) in [5.41, 5.74) is 0. The third-order valence-corrected chi connectivity index (χ3v) is 2.40. The predicted molar refractivity (Wildman–Crippen MR) is 59.3 cm³/mol. The van der Waals surface area contributed by atoms with E-state index in [4.69, 9.17) is 9.47 Å². The Kier molecular flexibility index (Phi) is 3.93. The summed E-state index contributed by atoms with van der Waals surface area (Å²) < 4.78 is 23.0. The monoisotopic (exact) mass is 239 g/mol. The quantitative estimate of drug-likeness (QED) is 0.837. The SMILES string of the molecule is O=C(CCOc1cccc(F)c1)NC1COC1. The molecule has 1 aromatic rings. The molecule has 1 N–H and O–H groups in total. The Bertz CT molecular complexity index is 393. The molecule has 1 saturated heterocycles. The van der Waals surface area contributed by atoms with Crippen LogP contribution < -0.4 is 10.1 Å². The summed E-state index contributed by atoms with van der Waals surface area (Å²) in [6.45, 7) is 1.40. The topological polar surface area (TPSA) is 47.6 Å². The summed E-state index contributed by atoms with van der Waals surface area (Å²) >= 11 is 0. The molecule has 1 amide bonds. The molecule has 17 heavy (non-hydrogen) atoms. The van der Waals surface area contributed by atoms with Crippen LogP contribution in [-0.4, -0.2) is 31.8 Å². The van der Waals surface area contributed by atoms with Gasteiger partial charge in [0.1, 0.15) is 11.6 Å². The minimum atomic E-state index is -0.349. The van der Waals surface area contributed by atoms with Gasteiger partial charge in [-0.25, -0.2) is 4.39 Å². The Hall–Kier alpha value is -1.62. The Labute approximate surface area is 98.7 Å². The highest BCUT2D eigenvalue weighted by atomic mass is 19.1. The second-order valence-electron chi connectivity index (χ2n) is 3.86. The van der Waals surface area contributed by atoms with Gasteiger partial charge in [0.05, 0.1) is 32.3 Å². The van der Waals surface area contributed by atoms with Crippen molar-refractivity contribution in [2.75, 3.05) is 19.8 Å². The number of amides is 1. The lowest BCUT2D eigenvalue weighted by atomic mass is 10.2. The molecule has 0 aromatic heterocycles. The van der Waals surface area contributed by atoms with E-state index < -0.39 is 0 Å². The van der Waals surface area contributed by atoms with Gasteiger partial charge in [-0.1, -0.05) is 6.07 Å². The Morgan fingerprint density at radius 1 is 1.53 bits per heavy atom. The smallest absolute Gasteiger partial charge is 0.223 e. The van der Waals surface area contributed by atoms with E-state index in [1.54, 1.807) is 12.1 Å². The van der Waals surface area contributed by atoms with E-state index in [1.807, 2.05) is 0 Å². The van der Waals surface area contributed by atoms with Crippen molar-refractivity contribution in [2.24, 2.45) is 0 Å². The third kappa shape index (κ3) is 3.71. The van der Waals surface area contributed by atoms with E-state index in [1.165, 1.54) is 12.1 Å². The zero-order valence-electron chi connectivity index (χ0n) is 9.32. The van der Waals surface area contributed by atoms with Gasteiger partial charge in [0.15, 0.2) is 0 Å². The number of hydrogen-bond donors (Lipinski definition) is 1. The maximum atomic E-state index is 12.8. The van der Waals surface area contributed by atoms with Gasteiger partial charge in [-0.2, -0.15) is 0 Å². The number of hydrogen-bond acceptors (Lipinski definition) is 3. The largest absolute Gasteiger partial charge is 0.493 e. The molecule has 2 rings (SSSR count). The van der Waals surface area contributed by atoms with Crippen LogP contribution in [0.25, 0.3) is 0 Å². The number of rotatable bonds is 5. The summed E-state index contributed by atoms with van der Waals surface area (Å²) in [6, 6.07) is 5.99. The molecule has 4 nitrogen and oxygen atoms in total. The molecule has 0 unspecified atom stereocenters. The highest BCUT2D eigenvalue weighted by molar-refractivity contribution is 5.76. The van der Waals surface area contributed by atoms with Gasteiger partial charge in [-0.05, 0) is 12.1 Å². The van der Waals surface area contributed by atoms with Gasteiger partial charge in [0.25, 0.3) is 0 Å². The molecule has 0 radical (unpaired) electrons. The number of carbonyl (C=O) groups is 1. The van der Waals surface area contributed by atoms with Crippen molar-refractivity contribution < 1.29 is 18.7 Å². The zero-order chi connectivity index (χ0) is 12.1. The van der Waals surface area contributed by atoms with Crippen molar-refractivity contribution in [2.45, 2.75) is 12.5 Å². The number of nitrogens with one attached hydrogen (secondary N) is 1. The first-order valence-corrected chi connectivity index (χ1v) is 5.49. The highest BCUT2D eigenvalue weighted by Crippen LogP contribution is 2.12. The van der Waals surface area contributed by atoms with E-state index in [9.17, 15) is 9.18 Å². The lowest BCUT2D eigenvalue weighted by Gasteiger charge is -2.26. The van der Waals surface area contributed by atoms with E-state index in [0.717, 1.165) is 0 Å². The van der Waals surface area contributed by atoms with Gasteiger partial charge in [-0.3, -0.25) is 4.79 Å². The molecule has 92 valence electrons. The molecule has 1 aliphatic heterocycles.